The van der Waals surface area contributed by atoms with E-state index in [1.165, 1.54) is 18.4 Å². The first-order valence-electron chi connectivity index (χ1n) is 7.19. The van der Waals surface area contributed by atoms with E-state index in [1.54, 1.807) is 0 Å². The molecule has 2 N–H and O–H groups in total. The molecule has 0 amide bonds. The van der Waals surface area contributed by atoms with Crippen molar-refractivity contribution in [2.24, 2.45) is 0 Å². The number of rotatable bonds is 4. The fourth-order valence-electron chi connectivity index (χ4n) is 2.65. The summed E-state index contributed by atoms with van der Waals surface area (Å²) in [4.78, 5) is 6.89. The smallest absolute Gasteiger partial charge is 0.128 e. The summed E-state index contributed by atoms with van der Waals surface area (Å²) >= 11 is 0. The summed E-state index contributed by atoms with van der Waals surface area (Å²) in [5.41, 5.74) is 4.45. The monoisotopic (exact) mass is 271 g/mol. The van der Waals surface area contributed by atoms with Crippen molar-refractivity contribution >= 4 is 11.5 Å². The minimum Gasteiger partial charge on any atom is -0.380 e. The first kappa shape index (κ1) is 13.0. The molecule has 2 aromatic rings. The minimum atomic E-state index is 0.777. The van der Waals surface area contributed by atoms with Gasteiger partial charge in [-0.15, -0.1) is 0 Å². The van der Waals surface area contributed by atoms with Gasteiger partial charge in [-0.25, -0.2) is 4.98 Å². The van der Waals surface area contributed by atoms with E-state index >= 15 is 0 Å². The van der Waals surface area contributed by atoms with Gasteiger partial charge in [-0.1, -0.05) is 0 Å². The lowest BCUT2D eigenvalue weighted by Gasteiger charge is -2.16. The number of pyridine rings is 1. The highest BCUT2D eigenvalue weighted by Gasteiger charge is 2.13. The standard InChI is InChI=1S/C15H21N5/c1-11-14(12(2)19-18-11)10-16-13-5-6-15(17-9-13)20-7-3-4-8-20/h5-6,9,16H,3-4,7-8,10H2,1-2H3,(H,18,19). The lowest BCUT2D eigenvalue weighted by molar-refractivity contribution is 0.937. The molecular weight excluding hydrogens is 250 g/mol. The molecule has 1 aliphatic heterocycles. The number of nitrogens with zero attached hydrogens (tertiary/aromatic N) is 3. The molecule has 1 fully saturated rings. The first-order chi connectivity index (χ1) is 9.74. The average molecular weight is 271 g/mol. The number of hydrogen-bond donors (Lipinski definition) is 2. The van der Waals surface area contributed by atoms with E-state index in [4.69, 9.17) is 0 Å². The molecule has 0 atom stereocenters. The zero-order valence-electron chi connectivity index (χ0n) is 12.1. The van der Waals surface area contributed by atoms with Gasteiger partial charge in [0.05, 0.1) is 17.6 Å². The molecule has 0 saturated carbocycles. The highest BCUT2D eigenvalue weighted by atomic mass is 15.2. The van der Waals surface area contributed by atoms with Gasteiger partial charge in [0.15, 0.2) is 0 Å². The van der Waals surface area contributed by atoms with E-state index in [1.807, 2.05) is 20.0 Å². The summed E-state index contributed by atoms with van der Waals surface area (Å²) in [6.07, 6.45) is 4.47. The molecule has 3 heterocycles. The Labute approximate surface area is 119 Å². The molecule has 0 aromatic carbocycles. The number of aromatic amines is 1. The average Bonchev–Trinajstić information content (AvgIpc) is 3.09. The van der Waals surface area contributed by atoms with Gasteiger partial charge >= 0.3 is 0 Å². The number of hydrogen-bond acceptors (Lipinski definition) is 4. The number of nitrogens with one attached hydrogen (secondary N) is 2. The van der Waals surface area contributed by atoms with Gasteiger partial charge in [-0.2, -0.15) is 5.10 Å². The third kappa shape index (κ3) is 2.61. The van der Waals surface area contributed by atoms with Crippen LogP contribution in [0.3, 0.4) is 0 Å². The number of H-pyrrole nitrogens is 1. The molecule has 0 unspecified atom stereocenters. The van der Waals surface area contributed by atoms with Crippen molar-refractivity contribution in [2.75, 3.05) is 23.3 Å². The van der Waals surface area contributed by atoms with Crippen LogP contribution in [-0.4, -0.2) is 28.3 Å². The SMILES string of the molecule is Cc1n[nH]c(C)c1CNc1ccc(N2CCCC2)nc1. The molecule has 20 heavy (non-hydrogen) atoms. The van der Waals surface area contributed by atoms with Crippen LogP contribution in [0.25, 0.3) is 0 Å². The molecule has 5 nitrogen and oxygen atoms in total. The van der Waals surface area contributed by atoms with Gasteiger partial charge in [-0.3, -0.25) is 5.10 Å². The summed E-state index contributed by atoms with van der Waals surface area (Å²) < 4.78 is 0. The Morgan fingerprint density at radius 1 is 1.25 bits per heavy atom. The van der Waals surface area contributed by atoms with E-state index in [2.05, 4.69) is 37.5 Å². The molecule has 2 aromatic heterocycles. The van der Waals surface area contributed by atoms with Gasteiger partial charge in [0, 0.05) is 30.9 Å². The molecule has 1 saturated heterocycles. The summed E-state index contributed by atoms with van der Waals surface area (Å²) in [7, 11) is 0. The van der Waals surface area contributed by atoms with Gasteiger partial charge < -0.3 is 10.2 Å². The van der Waals surface area contributed by atoms with Crippen molar-refractivity contribution in [3.05, 3.63) is 35.3 Å². The first-order valence-corrected chi connectivity index (χ1v) is 7.19. The zero-order valence-corrected chi connectivity index (χ0v) is 12.1. The van der Waals surface area contributed by atoms with Crippen molar-refractivity contribution in [2.45, 2.75) is 33.2 Å². The Morgan fingerprint density at radius 3 is 2.65 bits per heavy atom. The lowest BCUT2D eigenvalue weighted by Crippen LogP contribution is -2.18. The fourth-order valence-corrected chi connectivity index (χ4v) is 2.65. The normalized spacial score (nSPS) is 14.8. The van der Waals surface area contributed by atoms with Gasteiger partial charge in [0.2, 0.25) is 0 Å². The number of aryl methyl sites for hydroxylation is 2. The van der Waals surface area contributed by atoms with Crippen LogP contribution in [0.1, 0.15) is 29.8 Å². The van der Waals surface area contributed by atoms with E-state index in [-0.39, 0.29) is 0 Å². The van der Waals surface area contributed by atoms with Crippen LogP contribution in [0.5, 0.6) is 0 Å². The van der Waals surface area contributed by atoms with Crippen molar-refractivity contribution in [3.63, 3.8) is 0 Å². The van der Waals surface area contributed by atoms with Crippen LogP contribution in [-0.2, 0) is 6.54 Å². The Balaban J connectivity index is 1.63. The van der Waals surface area contributed by atoms with E-state index in [9.17, 15) is 0 Å². The summed E-state index contributed by atoms with van der Waals surface area (Å²) in [6, 6.07) is 4.20. The maximum absolute atomic E-state index is 4.55. The Bertz CT molecular complexity index is 547. The second-order valence-corrected chi connectivity index (χ2v) is 5.37. The molecular formula is C15H21N5. The van der Waals surface area contributed by atoms with Crippen LogP contribution in [0.2, 0.25) is 0 Å². The third-order valence-corrected chi connectivity index (χ3v) is 3.93. The maximum atomic E-state index is 4.55. The van der Waals surface area contributed by atoms with Crippen LogP contribution in [0.15, 0.2) is 18.3 Å². The van der Waals surface area contributed by atoms with Crippen molar-refractivity contribution in [1.29, 1.82) is 0 Å². The summed E-state index contributed by atoms with van der Waals surface area (Å²) in [5.74, 6) is 1.09. The van der Waals surface area contributed by atoms with E-state index < -0.39 is 0 Å². The third-order valence-electron chi connectivity index (χ3n) is 3.93. The van der Waals surface area contributed by atoms with Crippen molar-refractivity contribution in [3.8, 4) is 0 Å². The van der Waals surface area contributed by atoms with Crippen LogP contribution >= 0.6 is 0 Å². The second kappa shape index (κ2) is 5.53. The Kier molecular flexibility index (Phi) is 3.58. The predicted molar refractivity (Wildman–Crippen MR) is 81.1 cm³/mol. The summed E-state index contributed by atoms with van der Waals surface area (Å²) in [6.45, 7) is 7.11. The highest BCUT2D eigenvalue weighted by Crippen LogP contribution is 2.19. The molecule has 5 heteroatoms. The maximum Gasteiger partial charge on any atom is 0.128 e. The molecule has 0 bridgehead atoms. The fraction of sp³-hybridized carbons (Fsp3) is 0.467. The van der Waals surface area contributed by atoms with E-state index in [0.717, 1.165) is 42.5 Å². The minimum absolute atomic E-state index is 0.777. The van der Waals surface area contributed by atoms with Crippen LogP contribution in [0.4, 0.5) is 11.5 Å². The van der Waals surface area contributed by atoms with Crippen molar-refractivity contribution < 1.29 is 0 Å². The highest BCUT2D eigenvalue weighted by molar-refractivity contribution is 5.49. The quantitative estimate of drug-likeness (QED) is 0.897. The molecule has 3 rings (SSSR count). The zero-order chi connectivity index (χ0) is 13.9. The predicted octanol–water partition coefficient (Wildman–Crippen LogP) is 2.63. The molecule has 0 radical (unpaired) electrons. The topological polar surface area (TPSA) is 56.8 Å². The second-order valence-electron chi connectivity index (χ2n) is 5.37. The van der Waals surface area contributed by atoms with Crippen molar-refractivity contribution in [1.82, 2.24) is 15.2 Å². The lowest BCUT2D eigenvalue weighted by atomic mass is 10.2. The summed E-state index contributed by atoms with van der Waals surface area (Å²) in [5, 5.41) is 10.6. The van der Waals surface area contributed by atoms with Crippen LogP contribution < -0.4 is 10.2 Å². The van der Waals surface area contributed by atoms with Gasteiger partial charge in [-0.05, 0) is 38.8 Å². The number of aromatic nitrogens is 3. The Hall–Kier alpha value is -2.04. The molecule has 106 valence electrons. The van der Waals surface area contributed by atoms with Gasteiger partial charge in [0.1, 0.15) is 5.82 Å². The molecule has 0 aliphatic carbocycles. The van der Waals surface area contributed by atoms with Gasteiger partial charge in [0.25, 0.3) is 0 Å². The largest absolute Gasteiger partial charge is 0.380 e. The number of anilines is 2. The van der Waals surface area contributed by atoms with Crippen LogP contribution in [0, 0.1) is 13.8 Å². The Morgan fingerprint density at radius 2 is 2.05 bits per heavy atom. The molecule has 1 aliphatic rings. The van der Waals surface area contributed by atoms with E-state index in [0.29, 0.717) is 0 Å². The molecule has 0 spiro atoms.